The van der Waals surface area contributed by atoms with Crippen molar-refractivity contribution in [3.05, 3.63) is 161 Å². The van der Waals surface area contributed by atoms with Crippen molar-refractivity contribution in [1.29, 1.82) is 0 Å². The number of nitrogens with one attached hydrogen (secondary N) is 2. The van der Waals surface area contributed by atoms with E-state index in [2.05, 4.69) is 95.0 Å². The molecule has 0 amide bonds. The standard InChI is InChI=1S/C45H32N4O2/c50-45(51)32-18-16-31(17-19-32)44-39-26-24-37(48-39)42(29-12-6-2-7-13-29)35-22-20-33(46-35)41(28-10-4-1-5-11-28)34-21-23-36(47-34)43(30-14-8-3-9-15-30)38-25-27-40(44)49-38/h1-4,6-10,12-27,46,49H,5,11H2,(H,50,51). The number of fused-ring (bicyclic) bond motifs is 8. The molecule has 0 radical (unpaired) electrons. The zero-order valence-electron chi connectivity index (χ0n) is 27.6. The van der Waals surface area contributed by atoms with Crippen molar-refractivity contribution < 1.29 is 9.90 Å². The highest BCUT2D eigenvalue weighted by atomic mass is 16.4. The van der Waals surface area contributed by atoms with E-state index in [-0.39, 0.29) is 5.56 Å². The molecule has 5 heterocycles. The van der Waals surface area contributed by atoms with Gasteiger partial charge in [-0.1, -0.05) is 91.0 Å². The third-order valence-corrected chi connectivity index (χ3v) is 9.63. The number of aromatic carboxylic acids is 1. The molecule has 3 N–H and O–H groups in total. The van der Waals surface area contributed by atoms with E-state index >= 15 is 0 Å². The number of nitrogens with zero attached hydrogens (tertiary/aromatic N) is 2. The number of H-pyrrole nitrogens is 2. The van der Waals surface area contributed by atoms with E-state index in [4.69, 9.17) is 9.97 Å². The van der Waals surface area contributed by atoms with Crippen LogP contribution in [-0.2, 0) is 0 Å². The maximum absolute atomic E-state index is 11.8. The Kier molecular flexibility index (Phi) is 7.47. The van der Waals surface area contributed by atoms with Crippen molar-refractivity contribution >= 4 is 57.9 Å². The first-order chi connectivity index (χ1) is 25.1. The second-order valence-corrected chi connectivity index (χ2v) is 12.8. The summed E-state index contributed by atoms with van der Waals surface area (Å²) < 4.78 is 0. The molecule has 0 unspecified atom stereocenters. The molecule has 3 aromatic heterocycles. The lowest BCUT2D eigenvalue weighted by Crippen LogP contribution is -1.95. The van der Waals surface area contributed by atoms with Gasteiger partial charge in [-0.25, -0.2) is 14.8 Å². The van der Waals surface area contributed by atoms with E-state index in [1.807, 2.05) is 54.6 Å². The summed E-state index contributed by atoms with van der Waals surface area (Å²) in [5, 5.41) is 9.64. The third-order valence-electron chi connectivity index (χ3n) is 9.63. The van der Waals surface area contributed by atoms with Crippen molar-refractivity contribution in [3.63, 3.8) is 0 Å². The summed E-state index contributed by atoms with van der Waals surface area (Å²) in [5.41, 5.74) is 15.4. The average Bonchev–Trinajstić information content (AvgIpc) is 4.01. The van der Waals surface area contributed by atoms with Crippen LogP contribution >= 0.6 is 0 Å². The fourth-order valence-electron chi connectivity index (χ4n) is 7.25. The Hall–Kier alpha value is -6.79. The molecule has 1 aliphatic carbocycles. The summed E-state index contributed by atoms with van der Waals surface area (Å²) in [7, 11) is 0. The van der Waals surface area contributed by atoms with Gasteiger partial charge in [0.25, 0.3) is 0 Å². The van der Waals surface area contributed by atoms with Crippen LogP contribution in [0.1, 0.15) is 51.5 Å². The molecule has 6 heteroatoms. The Morgan fingerprint density at radius 3 is 1.39 bits per heavy atom. The molecule has 6 aromatic rings. The number of carboxylic acids is 1. The second kappa shape index (κ2) is 12.6. The Balaban J connectivity index is 1.45. The lowest BCUT2D eigenvalue weighted by molar-refractivity contribution is 0.0697. The predicted molar refractivity (Wildman–Crippen MR) is 208 cm³/mol. The fourth-order valence-corrected chi connectivity index (χ4v) is 7.25. The fraction of sp³-hybridized carbons (Fsp3) is 0.0444. The molecule has 0 spiro atoms. The number of aromatic nitrogens is 4. The number of benzene rings is 3. The molecule has 0 saturated carbocycles. The Labute approximate surface area is 294 Å². The molecular formula is C45H32N4O2. The molecule has 9 rings (SSSR count). The molecule has 244 valence electrons. The van der Waals surface area contributed by atoms with Crippen molar-refractivity contribution in [2.75, 3.05) is 0 Å². The zero-order valence-corrected chi connectivity index (χ0v) is 27.6. The summed E-state index contributed by atoms with van der Waals surface area (Å²) >= 11 is 0. The van der Waals surface area contributed by atoms with Crippen LogP contribution in [0.25, 0.3) is 85.3 Å². The Morgan fingerprint density at radius 1 is 0.529 bits per heavy atom. The van der Waals surface area contributed by atoms with Gasteiger partial charge in [0.2, 0.25) is 0 Å². The molecule has 6 nitrogen and oxygen atoms in total. The first kappa shape index (κ1) is 30.3. The van der Waals surface area contributed by atoms with E-state index in [1.54, 1.807) is 12.1 Å². The van der Waals surface area contributed by atoms with Crippen LogP contribution < -0.4 is 0 Å². The van der Waals surface area contributed by atoms with Crippen molar-refractivity contribution in [2.45, 2.75) is 12.8 Å². The van der Waals surface area contributed by atoms with Gasteiger partial charge in [-0.05, 0) is 95.8 Å². The molecule has 8 bridgehead atoms. The Morgan fingerprint density at radius 2 is 0.961 bits per heavy atom. The van der Waals surface area contributed by atoms with E-state index in [1.165, 1.54) is 5.57 Å². The normalized spacial score (nSPS) is 13.4. The maximum Gasteiger partial charge on any atom is 0.335 e. The monoisotopic (exact) mass is 660 g/mol. The number of rotatable bonds is 5. The maximum atomic E-state index is 11.8. The summed E-state index contributed by atoms with van der Waals surface area (Å²) in [6, 6.07) is 36.1. The molecule has 51 heavy (non-hydrogen) atoms. The number of hydrogen-bond donors (Lipinski definition) is 3. The minimum atomic E-state index is -0.965. The van der Waals surface area contributed by atoms with Gasteiger partial charge in [0.05, 0.1) is 28.3 Å². The smallest absolute Gasteiger partial charge is 0.335 e. The van der Waals surface area contributed by atoms with Gasteiger partial charge in [-0.3, -0.25) is 0 Å². The first-order valence-electron chi connectivity index (χ1n) is 17.1. The summed E-state index contributed by atoms with van der Waals surface area (Å²) in [6.07, 6.45) is 16.8. The lowest BCUT2D eigenvalue weighted by atomic mass is 9.96. The number of allylic oxidation sites excluding steroid dienone is 4. The van der Waals surface area contributed by atoms with E-state index in [0.717, 1.165) is 96.6 Å². The number of aromatic amines is 2. The molecule has 3 aliphatic rings. The minimum Gasteiger partial charge on any atom is -0.478 e. The molecule has 0 fully saturated rings. The quantitative estimate of drug-likeness (QED) is 0.171. The van der Waals surface area contributed by atoms with Crippen LogP contribution in [0.4, 0.5) is 0 Å². The lowest BCUT2D eigenvalue weighted by Gasteiger charge is -2.11. The zero-order chi connectivity index (χ0) is 34.3. The summed E-state index contributed by atoms with van der Waals surface area (Å²) in [4.78, 5) is 30.0. The van der Waals surface area contributed by atoms with Gasteiger partial charge in [0.15, 0.2) is 0 Å². The highest BCUT2D eigenvalue weighted by Gasteiger charge is 2.19. The van der Waals surface area contributed by atoms with Crippen molar-refractivity contribution in [3.8, 4) is 33.4 Å². The highest BCUT2D eigenvalue weighted by Crippen LogP contribution is 2.38. The molecule has 0 atom stereocenters. The summed E-state index contributed by atoms with van der Waals surface area (Å²) in [6.45, 7) is 0. The van der Waals surface area contributed by atoms with Crippen molar-refractivity contribution in [1.82, 2.24) is 19.9 Å². The van der Waals surface area contributed by atoms with Gasteiger partial charge < -0.3 is 15.1 Å². The van der Waals surface area contributed by atoms with E-state index < -0.39 is 5.97 Å². The van der Waals surface area contributed by atoms with Crippen molar-refractivity contribution in [2.24, 2.45) is 0 Å². The van der Waals surface area contributed by atoms with Crippen LogP contribution in [0.2, 0.25) is 0 Å². The van der Waals surface area contributed by atoms with Crippen LogP contribution in [0, 0.1) is 0 Å². The average molecular weight is 661 g/mol. The van der Waals surface area contributed by atoms with Gasteiger partial charge in [0, 0.05) is 44.3 Å². The van der Waals surface area contributed by atoms with Gasteiger partial charge in [-0.15, -0.1) is 0 Å². The number of carboxylic acid groups (broad SMARTS) is 1. The molecule has 0 saturated heterocycles. The van der Waals surface area contributed by atoms with E-state index in [0.29, 0.717) is 0 Å². The predicted octanol–water partition coefficient (Wildman–Crippen LogP) is 11.1. The number of carbonyl (C=O) groups is 1. The molecular weight excluding hydrogens is 629 g/mol. The van der Waals surface area contributed by atoms with Gasteiger partial charge in [-0.2, -0.15) is 0 Å². The van der Waals surface area contributed by atoms with Crippen LogP contribution in [0.15, 0.2) is 127 Å². The minimum absolute atomic E-state index is 0.229. The van der Waals surface area contributed by atoms with Gasteiger partial charge in [0.1, 0.15) is 0 Å². The van der Waals surface area contributed by atoms with Crippen LogP contribution in [0.3, 0.4) is 0 Å². The number of hydrogen-bond acceptors (Lipinski definition) is 3. The molecule has 2 aliphatic heterocycles. The SMILES string of the molecule is O=C(O)c1ccc(-c2c3nc(c(-c4ccccc4)c4ccc([nH]4)c(C4=CC=CCC4)c4nc(c(-c5ccccc5)c5ccc2[nH]5)C=C4)C=C3)cc1. The first-order valence-corrected chi connectivity index (χ1v) is 17.1. The second-order valence-electron chi connectivity index (χ2n) is 12.8. The van der Waals surface area contributed by atoms with Crippen LogP contribution in [0.5, 0.6) is 0 Å². The third kappa shape index (κ3) is 5.53. The van der Waals surface area contributed by atoms with Crippen LogP contribution in [-0.4, -0.2) is 31.0 Å². The highest BCUT2D eigenvalue weighted by molar-refractivity contribution is 5.99. The molecule has 3 aromatic carbocycles. The Bertz CT molecular complexity index is 2600. The topological polar surface area (TPSA) is 94.7 Å². The summed E-state index contributed by atoms with van der Waals surface area (Å²) in [5.74, 6) is -0.965. The largest absolute Gasteiger partial charge is 0.478 e. The van der Waals surface area contributed by atoms with Gasteiger partial charge >= 0.3 is 5.97 Å². The van der Waals surface area contributed by atoms with E-state index in [9.17, 15) is 9.90 Å².